The van der Waals surface area contributed by atoms with Gasteiger partial charge in [0.1, 0.15) is 11.5 Å². The van der Waals surface area contributed by atoms with E-state index in [-0.39, 0.29) is 29.9 Å². The summed E-state index contributed by atoms with van der Waals surface area (Å²) < 4.78 is 90.8. The second-order valence-corrected chi connectivity index (χ2v) is 8.84. The zero-order valence-electron chi connectivity index (χ0n) is 19.4. The van der Waals surface area contributed by atoms with Gasteiger partial charge in [0.25, 0.3) is 0 Å². The molecule has 0 spiro atoms. The van der Waals surface area contributed by atoms with E-state index in [0.717, 1.165) is 24.4 Å². The molecule has 1 aliphatic carbocycles. The highest BCUT2D eigenvalue weighted by Crippen LogP contribution is 2.49. The fourth-order valence-electron chi connectivity index (χ4n) is 3.75. The predicted octanol–water partition coefficient (Wildman–Crippen LogP) is 6.07. The quantitative estimate of drug-likeness (QED) is 0.268. The molecule has 4 rings (SSSR count). The molecule has 0 bridgehead atoms. The van der Waals surface area contributed by atoms with Crippen molar-refractivity contribution in [2.45, 2.75) is 38.2 Å². The zero-order valence-corrected chi connectivity index (χ0v) is 19.4. The molecule has 0 aliphatic heterocycles. The Hall–Kier alpha value is -4.03. The van der Waals surface area contributed by atoms with Gasteiger partial charge >= 0.3 is 12.4 Å². The highest BCUT2D eigenvalue weighted by atomic mass is 19.4. The van der Waals surface area contributed by atoms with Crippen LogP contribution in [0.15, 0.2) is 54.9 Å². The summed E-state index contributed by atoms with van der Waals surface area (Å²) in [6, 6.07) is 6.87. The van der Waals surface area contributed by atoms with Gasteiger partial charge in [0.05, 0.1) is 40.8 Å². The van der Waals surface area contributed by atoms with Gasteiger partial charge in [-0.05, 0) is 55.3 Å². The monoisotopic (exact) mass is 540 g/mol. The number of carbonyl (C=O) groups is 2. The van der Waals surface area contributed by atoms with Crippen LogP contribution in [0.3, 0.4) is 0 Å². The third-order valence-electron chi connectivity index (χ3n) is 6.03. The van der Waals surface area contributed by atoms with Gasteiger partial charge in [-0.2, -0.15) is 26.3 Å². The molecule has 2 heterocycles. The summed E-state index contributed by atoms with van der Waals surface area (Å²) in [5, 5.41) is 5.20. The lowest BCUT2D eigenvalue weighted by Crippen LogP contribution is -2.33. The number of pyridine rings is 2. The van der Waals surface area contributed by atoms with E-state index in [1.807, 2.05) is 0 Å². The van der Waals surface area contributed by atoms with Crippen LogP contribution >= 0.6 is 0 Å². The molecule has 200 valence electrons. The van der Waals surface area contributed by atoms with Gasteiger partial charge in [-0.3, -0.25) is 19.6 Å². The second kappa shape index (κ2) is 10.0. The molecule has 38 heavy (non-hydrogen) atoms. The molecule has 2 N–H and O–H groups in total. The molecular weight excluding hydrogens is 521 g/mol. The third-order valence-corrected chi connectivity index (χ3v) is 6.03. The van der Waals surface area contributed by atoms with E-state index >= 15 is 0 Å². The summed E-state index contributed by atoms with van der Waals surface area (Å²) in [6.45, 7) is -0.0265. The van der Waals surface area contributed by atoms with Crippen LogP contribution in [0.5, 0.6) is 0 Å². The number of carbonyl (C=O) groups excluding carboxylic acids is 2. The fraction of sp³-hybridized carbons (Fsp3) is 0.280. The summed E-state index contributed by atoms with van der Waals surface area (Å²) in [6.07, 6.45) is -6.66. The number of benzene rings is 1. The SMILES string of the molecule is O=C(CC1(C(=O)NCc2ccc(Nc3ccc(F)cc3C(F)(F)F)cn2)CC1)c1ccc(C(F)(F)F)nc1. The van der Waals surface area contributed by atoms with Gasteiger partial charge in [0.2, 0.25) is 5.91 Å². The van der Waals surface area contributed by atoms with Crippen molar-refractivity contribution in [1.29, 1.82) is 0 Å². The predicted molar refractivity (Wildman–Crippen MR) is 121 cm³/mol. The molecule has 0 radical (unpaired) electrons. The first-order valence-electron chi connectivity index (χ1n) is 11.2. The number of Topliss-reactive ketones (excluding diaryl/α,β-unsaturated/α-hetero) is 1. The summed E-state index contributed by atoms with van der Waals surface area (Å²) in [5.41, 5.74) is -3.08. The average Bonchev–Trinajstić information content (AvgIpc) is 3.64. The number of ketones is 1. The zero-order chi connectivity index (χ0) is 27.7. The molecule has 3 aromatic rings. The van der Waals surface area contributed by atoms with Crippen LogP contribution in [0.2, 0.25) is 0 Å². The van der Waals surface area contributed by atoms with Crippen molar-refractivity contribution >= 4 is 23.1 Å². The Morgan fingerprint density at radius 2 is 1.63 bits per heavy atom. The molecule has 1 aromatic carbocycles. The number of amides is 1. The van der Waals surface area contributed by atoms with Gasteiger partial charge < -0.3 is 10.6 Å². The van der Waals surface area contributed by atoms with Crippen molar-refractivity contribution in [2.75, 3.05) is 5.32 Å². The van der Waals surface area contributed by atoms with Gasteiger partial charge in [0.15, 0.2) is 5.78 Å². The Balaban J connectivity index is 1.34. The van der Waals surface area contributed by atoms with Crippen molar-refractivity contribution in [3.63, 3.8) is 0 Å². The van der Waals surface area contributed by atoms with E-state index in [1.54, 1.807) is 0 Å². The molecule has 0 saturated heterocycles. The minimum atomic E-state index is -4.77. The van der Waals surface area contributed by atoms with Crippen LogP contribution in [0.4, 0.5) is 42.1 Å². The van der Waals surface area contributed by atoms with Gasteiger partial charge in [-0.1, -0.05) is 0 Å². The smallest absolute Gasteiger partial charge is 0.354 e. The van der Waals surface area contributed by atoms with Crippen LogP contribution in [0.1, 0.15) is 46.6 Å². The number of hydrogen-bond donors (Lipinski definition) is 2. The largest absolute Gasteiger partial charge is 0.433 e. The minimum absolute atomic E-state index is 0.0265. The molecule has 13 heteroatoms. The van der Waals surface area contributed by atoms with Gasteiger partial charge in [0, 0.05) is 18.2 Å². The molecule has 1 fully saturated rings. The first-order valence-corrected chi connectivity index (χ1v) is 11.2. The van der Waals surface area contributed by atoms with Crippen molar-refractivity contribution in [3.8, 4) is 0 Å². The van der Waals surface area contributed by atoms with Gasteiger partial charge in [-0.25, -0.2) is 4.39 Å². The molecule has 0 unspecified atom stereocenters. The molecular formula is C25H19F7N4O2. The molecule has 1 saturated carbocycles. The summed E-state index contributed by atoms with van der Waals surface area (Å²) in [5.74, 6) is -1.96. The van der Waals surface area contributed by atoms with Crippen molar-refractivity contribution in [3.05, 3.63) is 83.2 Å². The minimum Gasteiger partial charge on any atom is -0.354 e. The maximum absolute atomic E-state index is 13.3. The molecule has 0 atom stereocenters. The number of rotatable bonds is 8. The molecule has 1 amide bonds. The topological polar surface area (TPSA) is 84.0 Å². The standard InChI is InChI=1S/C25H19F7N4O2/c26-15-2-5-19(18(9-15)24(27,28)29)36-17-4-3-16(33-13-17)12-35-22(38)23(7-8-23)10-20(37)14-1-6-21(34-11-14)25(30,31)32/h1-6,9,11,13,36H,7-8,10,12H2,(H,35,38). The number of alkyl halides is 6. The van der Waals surface area contributed by atoms with E-state index < -0.39 is 46.5 Å². The van der Waals surface area contributed by atoms with E-state index in [0.29, 0.717) is 30.7 Å². The number of anilines is 2. The van der Waals surface area contributed by atoms with E-state index in [2.05, 4.69) is 20.6 Å². The van der Waals surface area contributed by atoms with Crippen LogP contribution in [0.25, 0.3) is 0 Å². The Morgan fingerprint density at radius 3 is 2.18 bits per heavy atom. The van der Waals surface area contributed by atoms with Crippen LogP contribution in [0, 0.1) is 11.2 Å². The summed E-state index contributed by atoms with van der Waals surface area (Å²) in [4.78, 5) is 32.6. The van der Waals surface area contributed by atoms with E-state index in [9.17, 15) is 40.3 Å². The van der Waals surface area contributed by atoms with Crippen molar-refractivity contribution in [2.24, 2.45) is 5.41 Å². The maximum Gasteiger partial charge on any atom is 0.433 e. The lowest BCUT2D eigenvalue weighted by atomic mass is 9.95. The summed E-state index contributed by atoms with van der Waals surface area (Å²) in [7, 11) is 0. The first kappa shape index (κ1) is 27.0. The normalized spacial score (nSPS) is 14.6. The van der Waals surface area contributed by atoms with Crippen LogP contribution in [-0.2, 0) is 23.7 Å². The lowest BCUT2D eigenvalue weighted by molar-refractivity contribution is -0.141. The Kier molecular flexibility index (Phi) is 7.13. The summed E-state index contributed by atoms with van der Waals surface area (Å²) >= 11 is 0. The van der Waals surface area contributed by atoms with Crippen molar-refractivity contribution < 1.29 is 40.3 Å². The fourth-order valence-corrected chi connectivity index (χ4v) is 3.75. The van der Waals surface area contributed by atoms with Crippen molar-refractivity contribution in [1.82, 2.24) is 15.3 Å². The van der Waals surface area contributed by atoms with Gasteiger partial charge in [-0.15, -0.1) is 0 Å². The molecule has 2 aromatic heterocycles. The average molecular weight is 540 g/mol. The van der Waals surface area contributed by atoms with E-state index in [1.165, 1.54) is 18.3 Å². The number of halogens is 7. The maximum atomic E-state index is 13.3. The second-order valence-electron chi connectivity index (χ2n) is 8.84. The van der Waals surface area contributed by atoms with E-state index in [4.69, 9.17) is 0 Å². The number of nitrogens with zero attached hydrogens (tertiary/aromatic N) is 2. The number of hydrogen-bond acceptors (Lipinski definition) is 5. The number of nitrogens with one attached hydrogen (secondary N) is 2. The highest BCUT2D eigenvalue weighted by molar-refractivity contribution is 6.00. The number of aromatic nitrogens is 2. The highest BCUT2D eigenvalue weighted by Gasteiger charge is 2.51. The molecule has 1 aliphatic rings. The Bertz CT molecular complexity index is 1330. The molecule has 6 nitrogen and oxygen atoms in total. The van der Waals surface area contributed by atoms with Crippen LogP contribution < -0.4 is 10.6 Å². The Morgan fingerprint density at radius 1 is 0.895 bits per heavy atom. The van der Waals surface area contributed by atoms with Crippen LogP contribution in [-0.4, -0.2) is 21.7 Å². The lowest BCUT2D eigenvalue weighted by Gasteiger charge is -2.16. The first-order chi connectivity index (χ1) is 17.8. The Labute approximate surface area is 211 Å². The third kappa shape index (κ3) is 6.26.